The number of allylic oxidation sites excluding steroid dienone is 1. The zero-order chi connectivity index (χ0) is 22.7. The van der Waals surface area contributed by atoms with E-state index in [9.17, 15) is 29.4 Å². The molecule has 164 valence electrons. The molecule has 2 heterocycles. The molecule has 2 amide bonds. The van der Waals surface area contributed by atoms with E-state index in [1.54, 1.807) is 19.1 Å². The molecule has 0 saturated carbocycles. The molecule has 2 aliphatic heterocycles. The standard InChI is InChI=1S/C20H21N3O7S/c1-2-30-13(25)7-6-11-9-31-19-15(18(27)23(19)16(11)20(28)29)22-17(26)14(21)10-4-3-5-12(24)8-10/h3-8,14-15,19,24H,2,9,21H2,1H3,(H,22,26)(H,28,29)/t14-,15?,19-/m1/s1. The molecule has 3 atom stereocenters. The molecule has 2 aliphatic rings. The average molecular weight is 447 g/mol. The van der Waals surface area contributed by atoms with E-state index in [1.807, 2.05) is 0 Å². The first-order chi connectivity index (χ1) is 14.7. The van der Waals surface area contributed by atoms with E-state index in [2.05, 4.69) is 5.32 Å². The molecule has 1 unspecified atom stereocenters. The number of rotatable bonds is 7. The van der Waals surface area contributed by atoms with E-state index < -0.39 is 41.2 Å². The fourth-order valence-electron chi connectivity index (χ4n) is 3.24. The maximum Gasteiger partial charge on any atom is 0.352 e. The molecule has 31 heavy (non-hydrogen) atoms. The van der Waals surface area contributed by atoms with Gasteiger partial charge in [0.1, 0.15) is 28.9 Å². The molecule has 0 bridgehead atoms. The molecule has 1 saturated heterocycles. The highest BCUT2D eigenvalue weighted by atomic mass is 32.2. The minimum atomic E-state index is -1.32. The van der Waals surface area contributed by atoms with Crippen LogP contribution in [0.25, 0.3) is 0 Å². The highest BCUT2D eigenvalue weighted by Crippen LogP contribution is 2.40. The van der Waals surface area contributed by atoms with Crippen LogP contribution < -0.4 is 11.1 Å². The number of β-lactam (4-membered cyclic amide) rings is 1. The van der Waals surface area contributed by atoms with Gasteiger partial charge >= 0.3 is 11.9 Å². The average Bonchev–Trinajstić information content (AvgIpc) is 2.74. The second-order valence-corrected chi connectivity index (χ2v) is 7.84. The van der Waals surface area contributed by atoms with E-state index in [-0.39, 0.29) is 29.4 Å². The van der Waals surface area contributed by atoms with Gasteiger partial charge in [0, 0.05) is 11.8 Å². The van der Waals surface area contributed by atoms with Crippen LogP contribution >= 0.6 is 11.8 Å². The lowest BCUT2D eigenvalue weighted by Gasteiger charge is -2.49. The Morgan fingerprint density at radius 2 is 2.16 bits per heavy atom. The third kappa shape index (κ3) is 4.57. The van der Waals surface area contributed by atoms with Crippen LogP contribution in [-0.4, -0.2) is 62.6 Å². The topological polar surface area (TPSA) is 159 Å². The zero-order valence-electron chi connectivity index (χ0n) is 16.5. The van der Waals surface area contributed by atoms with Gasteiger partial charge in [-0.05, 0) is 36.3 Å². The van der Waals surface area contributed by atoms with Crippen molar-refractivity contribution in [3.05, 3.63) is 53.3 Å². The lowest BCUT2D eigenvalue weighted by molar-refractivity contribution is -0.150. The molecule has 10 nitrogen and oxygen atoms in total. The van der Waals surface area contributed by atoms with Crippen LogP contribution in [0.5, 0.6) is 5.75 Å². The van der Waals surface area contributed by atoms with Gasteiger partial charge in [-0.3, -0.25) is 14.5 Å². The lowest BCUT2D eigenvalue weighted by Crippen LogP contribution is -2.71. The van der Waals surface area contributed by atoms with Gasteiger partial charge in [0.05, 0.1) is 6.61 Å². The molecule has 0 aromatic heterocycles. The second-order valence-electron chi connectivity index (χ2n) is 6.73. The smallest absolute Gasteiger partial charge is 0.352 e. The number of nitrogens with zero attached hydrogens (tertiary/aromatic N) is 1. The monoisotopic (exact) mass is 447 g/mol. The van der Waals surface area contributed by atoms with Crippen molar-refractivity contribution >= 4 is 35.5 Å². The van der Waals surface area contributed by atoms with Crippen LogP contribution in [-0.2, 0) is 23.9 Å². The number of nitrogens with one attached hydrogen (secondary N) is 1. The third-order valence-electron chi connectivity index (χ3n) is 4.72. The number of carboxylic acids is 1. The van der Waals surface area contributed by atoms with Gasteiger partial charge in [-0.15, -0.1) is 11.8 Å². The number of thioether (sulfide) groups is 1. The third-order valence-corrected chi connectivity index (χ3v) is 6.02. The van der Waals surface area contributed by atoms with Gasteiger partial charge in [-0.1, -0.05) is 12.1 Å². The predicted molar refractivity (Wildman–Crippen MR) is 110 cm³/mol. The number of phenols is 1. The number of fused-ring (bicyclic) bond motifs is 1. The number of aliphatic carboxylic acids is 1. The normalized spacial score (nSPS) is 21.4. The number of carbonyl (C=O) groups is 4. The summed E-state index contributed by atoms with van der Waals surface area (Å²) < 4.78 is 4.78. The number of nitrogens with two attached hydrogens (primary N) is 1. The number of phenolic OH excluding ortho intramolecular Hbond substituents is 1. The highest BCUT2D eigenvalue weighted by molar-refractivity contribution is 8.00. The summed E-state index contributed by atoms with van der Waals surface area (Å²) in [4.78, 5) is 49.5. The Morgan fingerprint density at radius 1 is 1.42 bits per heavy atom. The Labute approximate surface area is 181 Å². The zero-order valence-corrected chi connectivity index (χ0v) is 17.3. The van der Waals surface area contributed by atoms with Crippen molar-refractivity contribution in [2.24, 2.45) is 5.73 Å². The summed E-state index contributed by atoms with van der Waals surface area (Å²) in [6.45, 7) is 1.83. The van der Waals surface area contributed by atoms with Crippen LogP contribution in [0.3, 0.4) is 0 Å². The van der Waals surface area contributed by atoms with Crippen molar-refractivity contribution in [3.8, 4) is 5.75 Å². The van der Waals surface area contributed by atoms with E-state index in [0.29, 0.717) is 5.56 Å². The van der Waals surface area contributed by atoms with Gasteiger partial charge in [0.25, 0.3) is 5.91 Å². The summed E-state index contributed by atoms with van der Waals surface area (Å²) >= 11 is 1.26. The number of carbonyl (C=O) groups excluding carboxylic acids is 3. The van der Waals surface area contributed by atoms with Crippen molar-refractivity contribution in [1.82, 2.24) is 10.2 Å². The van der Waals surface area contributed by atoms with Crippen molar-refractivity contribution < 1.29 is 34.1 Å². The summed E-state index contributed by atoms with van der Waals surface area (Å²) in [5.74, 6) is -2.98. The summed E-state index contributed by atoms with van der Waals surface area (Å²) in [6.07, 6.45) is 2.43. The molecular weight excluding hydrogens is 426 g/mol. The summed E-state index contributed by atoms with van der Waals surface area (Å²) in [7, 11) is 0. The maximum absolute atomic E-state index is 12.6. The van der Waals surface area contributed by atoms with Gasteiger partial charge in [0.15, 0.2) is 0 Å². The number of hydrogen-bond acceptors (Lipinski definition) is 8. The van der Waals surface area contributed by atoms with Gasteiger partial charge < -0.3 is 26.0 Å². The number of esters is 1. The first-order valence-corrected chi connectivity index (χ1v) is 10.4. The Bertz CT molecular complexity index is 991. The lowest BCUT2D eigenvalue weighted by atomic mass is 10.0. The van der Waals surface area contributed by atoms with Crippen molar-refractivity contribution in [1.29, 1.82) is 0 Å². The molecule has 5 N–H and O–H groups in total. The van der Waals surface area contributed by atoms with E-state index in [1.165, 1.54) is 30.0 Å². The van der Waals surface area contributed by atoms with Gasteiger partial charge in [0.2, 0.25) is 5.91 Å². The van der Waals surface area contributed by atoms with E-state index in [4.69, 9.17) is 10.5 Å². The quantitative estimate of drug-likeness (QED) is 0.261. The van der Waals surface area contributed by atoms with Crippen LogP contribution in [0.4, 0.5) is 0 Å². The number of benzene rings is 1. The largest absolute Gasteiger partial charge is 0.508 e. The first-order valence-electron chi connectivity index (χ1n) is 9.35. The molecule has 1 fully saturated rings. The number of ether oxygens (including phenoxy) is 1. The van der Waals surface area contributed by atoms with Crippen LogP contribution in [0.15, 0.2) is 47.7 Å². The minimum absolute atomic E-state index is 0.0471. The molecule has 1 aromatic rings. The molecule has 0 radical (unpaired) electrons. The fraction of sp³-hybridized carbons (Fsp3) is 0.300. The number of amides is 2. The maximum atomic E-state index is 12.6. The Kier molecular flexibility index (Phi) is 6.66. The van der Waals surface area contributed by atoms with Crippen LogP contribution in [0.1, 0.15) is 18.5 Å². The molecule has 3 rings (SSSR count). The molecule has 0 aliphatic carbocycles. The van der Waals surface area contributed by atoms with Crippen molar-refractivity contribution in [2.75, 3.05) is 12.4 Å². The number of aromatic hydroxyl groups is 1. The molecule has 0 spiro atoms. The van der Waals surface area contributed by atoms with Crippen LogP contribution in [0.2, 0.25) is 0 Å². The Morgan fingerprint density at radius 3 is 2.81 bits per heavy atom. The molecule has 11 heteroatoms. The van der Waals surface area contributed by atoms with Gasteiger partial charge in [-0.25, -0.2) is 9.59 Å². The van der Waals surface area contributed by atoms with E-state index >= 15 is 0 Å². The van der Waals surface area contributed by atoms with Crippen LogP contribution in [0, 0.1) is 0 Å². The highest BCUT2D eigenvalue weighted by Gasteiger charge is 2.54. The first kappa shape index (κ1) is 22.4. The van der Waals surface area contributed by atoms with Crippen molar-refractivity contribution in [3.63, 3.8) is 0 Å². The number of carboxylic acid groups (broad SMARTS) is 1. The Hall–Kier alpha value is -3.31. The molecule has 1 aromatic carbocycles. The summed E-state index contributed by atoms with van der Waals surface area (Å²) in [6, 6.07) is 3.85. The SMILES string of the molecule is CCOC(=O)C=CC1=C(C(=O)O)N2C(=O)C(NC(=O)[C@H](N)c3cccc(O)c3)[C@H]2SC1. The summed E-state index contributed by atoms with van der Waals surface area (Å²) in [5.41, 5.74) is 6.35. The van der Waals surface area contributed by atoms with Gasteiger partial charge in [-0.2, -0.15) is 0 Å². The Balaban J connectivity index is 1.74. The molecular formula is C20H21N3O7S. The second kappa shape index (κ2) is 9.23. The fourth-order valence-corrected chi connectivity index (χ4v) is 4.56. The predicted octanol–water partition coefficient (Wildman–Crippen LogP) is 0.250. The number of hydrogen-bond donors (Lipinski definition) is 4. The minimum Gasteiger partial charge on any atom is -0.508 e. The summed E-state index contributed by atoms with van der Waals surface area (Å²) in [5, 5.41) is 21.1. The van der Waals surface area contributed by atoms with Crippen molar-refractivity contribution in [2.45, 2.75) is 24.4 Å². The van der Waals surface area contributed by atoms with E-state index in [0.717, 1.165) is 11.0 Å².